The number of hydrogen-bond donors (Lipinski definition) is 1. The molecule has 0 unspecified atom stereocenters. The lowest BCUT2D eigenvalue weighted by molar-refractivity contribution is -0.134. The van der Waals surface area contributed by atoms with Crippen LogP contribution >= 0.6 is 0 Å². The third kappa shape index (κ3) is 8.64. The number of esters is 1. The van der Waals surface area contributed by atoms with E-state index < -0.39 is 17.4 Å². The molecule has 0 atom stereocenters. The largest absolute Gasteiger partial charge is 0.507 e. The SMILES string of the molecule is CCCCCC(C)=C/C=C(\C)C(=O)c1c(O)cc(CCC/C=C/C(=O)OC)oc1=O. The second-order valence-electron chi connectivity index (χ2n) is 7.23. The molecule has 0 radical (unpaired) electrons. The van der Waals surface area contributed by atoms with Crippen molar-refractivity contribution >= 4 is 11.8 Å². The fourth-order valence-corrected chi connectivity index (χ4v) is 2.78. The highest BCUT2D eigenvalue weighted by atomic mass is 16.5. The predicted octanol–water partition coefficient (Wildman–Crippen LogP) is 5.05. The lowest BCUT2D eigenvalue weighted by atomic mass is 10.0. The number of hydrogen-bond acceptors (Lipinski definition) is 6. The Bertz CT molecular complexity index is 870. The summed E-state index contributed by atoms with van der Waals surface area (Å²) >= 11 is 0. The zero-order chi connectivity index (χ0) is 22.5. The Labute approximate surface area is 177 Å². The minimum atomic E-state index is -0.850. The van der Waals surface area contributed by atoms with E-state index in [1.54, 1.807) is 19.1 Å². The monoisotopic (exact) mass is 416 g/mol. The van der Waals surface area contributed by atoms with Crippen LogP contribution in [-0.4, -0.2) is 24.0 Å². The number of aromatic hydroxyl groups is 1. The Morgan fingerprint density at radius 3 is 2.53 bits per heavy atom. The van der Waals surface area contributed by atoms with E-state index in [0.29, 0.717) is 24.8 Å². The van der Waals surface area contributed by atoms with Crippen LogP contribution in [0.4, 0.5) is 0 Å². The van der Waals surface area contributed by atoms with Gasteiger partial charge in [0.05, 0.1) is 7.11 Å². The molecule has 6 nitrogen and oxygen atoms in total. The standard InChI is InChI=1S/C24H32O6/c1-5-6-8-11-17(2)14-15-18(3)23(27)22-20(25)16-19(30-24(22)28)12-9-7-10-13-21(26)29-4/h10,13-16,25H,5-9,11-12H2,1-4H3/b13-10+,17-14?,18-15+. The van der Waals surface area contributed by atoms with Gasteiger partial charge in [-0.25, -0.2) is 9.59 Å². The maximum absolute atomic E-state index is 12.6. The summed E-state index contributed by atoms with van der Waals surface area (Å²) in [6.45, 7) is 5.76. The van der Waals surface area contributed by atoms with Crippen LogP contribution < -0.4 is 5.63 Å². The van der Waals surface area contributed by atoms with E-state index in [9.17, 15) is 19.5 Å². The number of carbonyl (C=O) groups excluding carboxylic acids is 2. The first-order valence-corrected chi connectivity index (χ1v) is 10.3. The lowest BCUT2D eigenvalue weighted by Gasteiger charge is -2.05. The normalized spacial score (nSPS) is 12.4. The highest BCUT2D eigenvalue weighted by Gasteiger charge is 2.20. The molecule has 6 heteroatoms. The van der Waals surface area contributed by atoms with Crippen molar-refractivity contribution < 1.29 is 23.8 Å². The number of aryl methyl sites for hydroxylation is 1. The van der Waals surface area contributed by atoms with Gasteiger partial charge in [-0.2, -0.15) is 0 Å². The first kappa shape index (κ1) is 25.1. The molecule has 0 amide bonds. The molecule has 0 fully saturated rings. The first-order chi connectivity index (χ1) is 14.3. The van der Waals surface area contributed by atoms with Gasteiger partial charge in [0.1, 0.15) is 17.1 Å². The summed E-state index contributed by atoms with van der Waals surface area (Å²) in [7, 11) is 1.30. The maximum atomic E-state index is 12.6. The van der Waals surface area contributed by atoms with Crippen molar-refractivity contribution in [2.45, 2.75) is 65.7 Å². The zero-order valence-corrected chi connectivity index (χ0v) is 18.3. The number of rotatable bonds is 12. The van der Waals surface area contributed by atoms with Crippen molar-refractivity contribution in [3.63, 3.8) is 0 Å². The molecule has 0 saturated carbocycles. The van der Waals surface area contributed by atoms with Gasteiger partial charge in [-0.05, 0) is 45.1 Å². The van der Waals surface area contributed by atoms with Crippen LogP contribution in [0.1, 0.15) is 75.4 Å². The topological polar surface area (TPSA) is 93.8 Å². The third-order valence-electron chi connectivity index (χ3n) is 4.61. The van der Waals surface area contributed by atoms with Gasteiger partial charge in [-0.15, -0.1) is 0 Å². The van der Waals surface area contributed by atoms with Gasteiger partial charge in [-0.3, -0.25) is 4.79 Å². The molecule has 0 aliphatic rings. The first-order valence-electron chi connectivity index (χ1n) is 10.3. The Hall–Kier alpha value is -2.89. The van der Waals surface area contributed by atoms with E-state index in [1.165, 1.54) is 19.3 Å². The molecular formula is C24H32O6. The van der Waals surface area contributed by atoms with Crippen LogP contribution in [0.25, 0.3) is 0 Å². The summed E-state index contributed by atoms with van der Waals surface area (Å²) in [6.07, 6.45) is 12.5. The van der Waals surface area contributed by atoms with Gasteiger partial charge in [-0.1, -0.05) is 43.6 Å². The molecule has 0 aromatic carbocycles. The second-order valence-corrected chi connectivity index (χ2v) is 7.23. The zero-order valence-electron chi connectivity index (χ0n) is 18.3. The molecule has 1 N–H and O–H groups in total. The number of carbonyl (C=O) groups is 2. The van der Waals surface area contributed by atoms with Crippen LogP contribution in [0.15, 0.2) is 50.7 Å². The van der Waals surface area contributed by atoms with Gasteiger partial charge in [0.2, 0.25) is 0 Å². The average molecular weight is 417 g/mol. The van der Waals surface area contributed by atoms with E-state index >= 15 is 0 Å². The highest BCUT2D eigenvalue weighted by molar-refractivity contribution is 6.09. The Balaban J connectivity index is 2.80. The predicted molar refractivity (Wildman–Crippen MR) is 117 cm³/mol. The highest BCUT2D eigenvalue weighted by Crippen LogP contribution is 2.20. The molecule has 1 rings (SSSR count). The molecular weight excluding hydrogens is 384 g/mol. The summed E-state index contributed by atoms with van der Waals surface area (Å²) in [6, 6.07) is 1.30. The van der Waals surface area contributed by atoms with Gasteiger partial charge >= 0.3 is 11.6 Å². The van der Waals surface area contributed by atoms with Crippen LogP contribution in [0, 0.1) is 0 Å². The third-order valence-corrected chi connectivity index (χ3v) is 4.61. The molecule has 0 bridgehead atoms. The summed E-state index contributed by atoms with van der Waals surface area (Å²) in [5.41, 5.74) is 0.309. The van der Waals surface area contributed by atoms with Crippen molar-refractivity contribution in [3.8, 4) is 5.75 Å². The number of unbranched alkanes of at least 4 members (excludes halogenated alkanes) is 3. The molecule has 164 valence electrons. The van der Waals surface area contributed by atoms with E-state index in [4.69, 9.17) is 4.42 Å². The molecule has 30 heavy (non-hydrogen) atoms. The number of Topliss-reactive ketones (excluding diaryl/α,β-unsaturated/α-hetero) is 1. The number of allylic oxidation sites excluding steroid dienone is 5. The summed E-state index contributed by atoms with van der Waals surface area (Å²) in [5.74, 6) is -1.08. The second kappa shape index (κ2) is 13.4. The molecule has 0 saturated heterocycles. The van der Waals surface area contributed by atoms with Crippen molar-refractivity contribution in [1.29, 1.82) is 0 Å². The van der Waals surface area contributed by atoms with E-state index in [2.05, 4.69) is 11.7 Å². The minimum Gasteiger partial charge on any atom is -0.507 e. The van der Waals surface area contributed by atoms with Crippen molar-refractivity contribution in [1.82, 2.24) is 0 Å². The minimum absolute atomic E-state index is 0.286. The van der Waals surface area contributed by atoms with Gasteiger partial charge in [0, 0.05) is 18.6 Å². The molecule has 1 heterocycles. The molecule has 0 aliphatic carbocycles. The molecule has 0 aliphatic heterocycles. The number of ketones is 1. The fourth-order valence-electron chi connectivity index (χ4n) is 2.78. The Morgan fingerprint density at radius 1 is 1.17 bits per heavy atom. The average Bonchev–Trinajstić information content (AvgIpc) is 2.71. The summed E-state index contributed by atoms with van der Waals surface area (Å²) in [5, 5.41) is 10.2. The van der Waals surface area contributed by atoms with E-state index in [1.807, 2.05) is 13.0 Å². The Morgan fingerprint density at radius 2 is 1.90 bits per heavy atom. The molecule has 0 spiro atoms. The van der Waals surface area contributed by atoms with Crippen molar-refractivity contribution in [3.05, 3.63) is 63.3 Å². The van der Waals surface area contributed by atoms with Crippen LogP contribution in [0.5, 0.6) is 5.75 Å². The van der Waals surface area contributed by atoms with Gasteiger partial charge in [0.25, 0.3) is 0 Å². The lowest BCUT2D eigenvalue weighted by Crippen LogP contribution is -2.16. The molecule has 1 aromatic rings. The number of ether oxygens (including phenoxy) is 1. The van der Waals surface area contributed by atoms with E-state index in [0.717, 1.165) is 31.3 Å². The maximum Gasteiger partial charge on any atom is 0.351 e. The number of methoxy groups -OCH3 is 1. The van der Waals surface area contributed by atoms with Crippen LogP contribution in [0.2, 0.25) is 0 Å². The Kier molecular flexibility index (Phi) is 11.2. The van der Waals surface area contributed by atoms with Crippen LogP contribution in [-0.2, 0) is 16.0 Å². The summed E-state index contributed by atoms with van der Waals surface area (Å²) in [4.78, 5) is 35.9. The quantitative estimate of drug-likeness (QED) is 0.168. The van der Waals surface area contributed by atoms with Crippen LogP contribution in [0.3, 0.4) is 0 Å². The fraction of sp³-hybridized carbons (Fsp3) is 0.458. The van der Waals surface area contributed by atoms with Crippen molar-refractivity contribution in [2.24, 2.45) is 0 Å². The van der Waals surface area contributed by atoms with Gasteiger partial charge < -0.3 is 14.3 Å². The van der Waals surface area contributed by atoms with E-state index in [-0.39, 0.29) is 17.1 Å². The smallest absolute Gasteiger partial charge is 0.351 e. The summed E-state index contributed by atoms with van der Waals surface area (Å²) < 4.78 is 9.70. The molecule has 1 aromatic heterocycles. The van der Waals surface area contributed by atoms with Crippen molar-refractivity contribution in [2.75, 3.05) is 7.11 Å². The van der Waals surface area contributed by atoms with Gasteiger partial charge in [0.15, 0.2) is 5.78 Å².